The number of ketones is 1. The lowest BCUT2D eigenvalue weighted by Gasteiger charge is -2.06. The van der Waals surface area contributed by atoms with Crippen LogP contribution < -0.4 is 5.32 Å². The van der Waals surface area contributed by atoms with Crippen molar-refractivity contribution < 1.29 is 4.79 Å². The lowest BCUT2D eigenvalue weighted by molar-refractivity contribution is 0.102. The third-order valence-electron chi connectivity index (χ3n) is 2.94. The molecule has 1 heterocycles. The molecule has 0 atom stereocenters. The van der Waals surface area contributed by atoms with E-state index in [-0.39, 0.29) is 5.78 Å². The van der Waals surface area contributed by atoms with Crippen molar-refractivity contribution in [2.45, 2.75) is 20.3 Å². The number of nitrogens with one attached hydrogen (secondary N) is 2. The number of benzene rings is 1. The summed E-state index contributed by atoms with van der Waals surface area (Å²) < 4.78 is 0. The average molecular weight is 242 g/mol. The fraction of sp³-hybridized carbons (Fsp3) is 0.267. The zero-order valence-electron chi connectivity index (χ0n) is 10.8. The van der Waals surface area contributed by atoms with E-state index in [1.807, 2.05) is 25.1 Å². The summed E-state index contributed by atoms with van der Waals surface area (Å²) in [6.07, 6.45) is 2.73. The van der Waals surface area contributed by atoms with Gasteiger partial charge in [-0.1, -0.05) is 25.1 Å². The Kier molecular flexibility index (Phi) is 3.51. The molecule has 0 amide bonds. The van der Waals surface area contributed by atoms with Crippen molar-refractivity contribution in [3.05, 3.63) is 47.8 Å². The molecule has 94 valence electrons. The molecule has 3 nitrogen and oxygen atoms in total. The first-order valence-corrected chi connectivity index (χ1v) is 6.18. The highest BCUT2D eigenvalue weighted by molar-refractivity contribution is 6.15. The minimum absolute atomic E-state index is 0.0414. The zero-order chi connectivity index (χ0) is 13.1. The molecular weight excluding hydrogens is 224 g/mol. The predicted molar refractivity (Wildman–Crippen MR) is 74.8 cm³/mol. The first-order valence-electron chi connectivity index (χ1n) is 6.18. The van der Waals surface area contributed by atoms with Crippen LogP contribution in [-0.4, -0.2) is 17.3 Å². The molecule has 0 radical (unpaired) electrons. The van der Waals surface area contributed by atoms with Gasteiger partial charge in [0.15, 0.2) is 0 Å². The molecule has 0 spiro atoms. The van der Waals surface area contributed by atoms with Gasteiger partial charge >= 0.3 is 0 Å². The Hall–Kier alpha value is -2.03. The summed E-state index contributed by atoms with van der Waals surface area (Å²) in [6, 6.07) is 6.03. The summed E-state index contributed by atoms with van der Waals surface area (Å²) in [4.78, 5) is 15.4. The van der Waals surface area contributed by atoms with Crippen molar-refractivity contribution in [1.29, 1.82) is 0 Å². The Labute approximate surface area is 107 Å². The van der Waals surface area contributed by atoms with E-state index in [0.29, 0.717) is 11.3 Å². The van der Waals surface area contributed by atoms with Crippen LogP contribution in [0.2, 0.25) is 0 Å². The van der Waals surface area contributed by atoms with Gasteiger partial charge in [0.2, 0.25) is 5.78 Å². The highest BCUT2D eigenvalue weighted by Crippen LogP contribution is 2.21. The molecule has 0 aliphatic rings. The topological polar surface area (TPSA) is 44.9 Å². The minimum Gasteiger partial charge on any atom is -0.382 e. The third kappa shape index (κ3) is 2.30. The molecule has 1 aromatic carbocycles. The van der Waals surface area contributed by atoms with Crippen molar-refractivity contribution in [2.24, 2.45) is 0 Å². The molecule has 0 aliphatic carbocycles. The number of Topliss-reactive ketones (excluding diaryl/α,β-unsaturated/α-hetero) is 1. The van der Waals surface area contributed by atoms with E-state index in [9.17, 15) is 4.79 Å². The normalized spacial score (nSPS) is 10.6. The summed E-state index contributed by atoms with van der Waals surface area (Å²) in [5, 5.41) is 4.00. The molecular formula is C15H18N2O. The Morgan fingerprint density at radius 3 is 2.94 bits per heavy atom. The summed E-state index contributed by atoms with van der Waals surface area (Å²) >= 11 is 0. The second kappa shape index (κ2) is 5.08. The standard InChI is InChI=1S/C15H18N2O/c1-4-7-16-11(3)15(18)13-9-17-14-6-5-10(2)8-12(13)14/h5-6,8-9,16-17H,3-4,7H2,1-2H3. The van der Waals surface area contributed by atoms with E-state index in [1.165, 1.54) is 0 Å². The highest BCUT2D eigenvalue weighted by atomic mass is 16.1. The Morgan fingerprint density at radius 1 is 1.44 bits per heavy atom. The minimum atomic E-state index is -0.0414. The SMILES string of the molecule is C=C(NCCC)C(=O)c1c[nH]c2ccc(C)cc12. The predicted octanol–water partition coefficient (Wildman–Crippen LogP) is 3.17. The van der Waals surface area contributed by atoms with Crippen LogP contribution in [0, 0.1) is 6.92 Å². The van der Waals surface area contributed by atoms with Gasteiger partial charge in [0.25, 0.3) is 0 Å². The number of aryl methyl sites for hydroxylation is 1. The number of hydrogen-bond acceptors (Lipinski definition) is 2. The molecule has 0 aliphatic heterocycles. The van der Waals surface area contributed by atoms with Gasteiger partial charge in [-0.15, -0.1) is 0 Å². The summed E-state index contributed by atoms with van der Waals surface area (Å²) in [5.74, 6) is -0.0414. The van der Waals surface area contributed by atoms with Gasteiger partial charge in [-0.05, 0) is 25.5 Å². The number of H-pyrrole nitrogens is 1. The van der Waals surface area contributed by atoms with Gasteiger partial charge in [-0.3, -0.25) is 4.79 Å². The number of fused-ring (bicyclic) bond motifs is 1. The lowest BCUT2D eigenvalue weighted by atomic mass is 10.1. The molecule has 2 N–H and O–H groups in total. The molecule has 0 fully saturated rings. The molecule has 0 bridgehead atoms. The van der Waals surface area contributed by atoms with Gasteiger partial charge in [-0.25, -0.2) is 0 Å². The number of allylic oxidation sites excluding steroid dienone is 1. The zero-order valence-corrected chi connectivity index (χ0v) is 10.8. The van der Waals surface area contributed by atoms with Crippen molar-refractivity contribution >= 4 is 16.7 Å². The fourth-order valence-electron chi connectivity index (χ4n) is 1.94. The molecule has 2 aromatic rings. The quantitative estimate of drug-likeness (QED) is 0.625. The second-order valence-corrected chi connectivity index (χ2v) is 4.49. The van der Waals surface area contributed by atoms with E-state index in [1.54, 1.807) is 6.20 Å². The summed E-state index contributed by atoms with van der Waals surface area (Å²) in [7, 11) is 0. The van der Waals surface area contributed by atoms with Crippen LogP contribution >= 0.6 is 0 Å². The van der Waals surface area contributed by atoms with Crippen LogP contribution in [0.4, 0.5) is 0 Å². The van der Waals surface area contributed by atoms with Crippen molar-refractivity contribution in [1.82, 2.24) is 10.3 Å². The van der Waals surface area contributed by atoms with Gasteiger partial charge in [-0.2, -0.15) is 0 Å². The monoisotopic (exact) mass is 242 g/mol. The van der Waals surface area contributed by atoms with Crippen LogP contribution in [0.1, 0.15) is 29.3 Å². The van der Waals surface area contributed by atoms with Gasteiger partial charge in [0, 0.05) is 29.2 Å². The number of carbonyl (C=O) groups excluding carboxylic acids is 1. The number of aromatic amines is 1. The maximum atomic E-state index is 12.3. The van der Waals surface area contributed by atoms with Crippen LogP contribution in [0.15, 0.2) is 36.7 Å². The molecule has 3 heteroatoms. The number of rotatable bonds is 5. The third-order valence-corrected chi connectivity index (χ3v) is 2.94. The maximum Gasteiger partial charge on any atom is 0.210 e. The van der Waals surface area contributed by atoms with Crippen LogP contribution in [0.3, 0.4) is 0 Å². The smallest absolute Gasteiger partial charge is 0.210 e. The number of carbonyl (C=O) groups is 1. The highest BCUT2D eigenvalue weighted by Gasteiger charge is 2.14. The first-order chi connectivity index (χ1) is 8.63. The fourth-order valence-corrected chi connectivity index (χ4v) is 1.94. The molecule has 0 unspecified atom stereocenters. The van der Waals surface area contributed by atoms with Gasteiger partial charge in [0.1, 0.15) is 0 Å². The number of hydrogen-bond donors (Lipinski definition) is 2. The Morgan fingerprint density at radius 2 is 2.22 bits per heavy atom. The van der Waals surface area contributed by atoms with Crippen LogP contribution in [0.25, 0.3) is 10.9 Å². The average Bonchev–Trinajstić information content (AvgIpc) is 2.77. The Bertz CT molecular complexity index is 596. The van der Waals surface area contributed by atoms with Gasteiger partial charge in [0.05, 0.1) is 5.70 Å². The molecule has 18 heavy (non-hydrogen) atoms. The largest absolute Gasteiger partial charge is 0.382 e. The second-order valence-electron chi connectivity index (χ2n) is 4.49. The van der Waals surface area contributed by atoms with Crippen LogP contribution in [-0.2, 0) is 0 Å². The van der Waals surface area contributed by atoms with Gasteiger partial charge < -0.3 is 10.3 Å². The Balaban J connectivity index is 2.33. The van der Waals surface area contributed by atoms with E-state index >= 15 is 0 Å². The molecule has 0 saturated heterocycles. The first kappa shape index (κ1) is 12.4. The summed E-state index contributed by atoms with van der Waals surface area (Å²) in [6.45, 7) is 8.65. The number of aromatic nitrogens is 1. The molecule has 1 aromatic heterocycles. The van der Waals surface area contributed by atoms with Crippen LogP contribution in [0.5, 0.6) is 0 Å². The van der Waals surface area contributed by atoms with Crippen molar-refractivity contribution in [2.75, 3.05) is 6.54 Å². The summed E-state index contributed by atoms with van der Waals surface area (Å²) in [5.41, 5.74) is 3.26. The van der Waals surface area contributed by atoms with E-state index < -0.39 is 0 Å². The van der Waals surface area contributed by atoms with E-state index in [4.69, 9.17) is 0 Å². The molecule has 0 saturated carbocycles. The van der Waals surface area contributed by atoms with Crippen molar-refractivity contribution in [3.63, 3.8) is 0 Å². The van der Waals surface area contributed by atoms with Crippen molar-refractivity contribution in [3.8, 4) is 0 Å². The van der Waals surface area contributed by atoms with E-state index in [0.717, 1.165) is 29.4 Å². The lowest BCUT2D eigenvalue weighted by Crippen LogP contribution is -2.20. The molecule has 2 rings (SSSR count). The maximum absolute atomic E-state index is 12.3. The van der Waals surface area contributed by atoms with E-state index in [2.05, 4.69) is 23.8 Å².